The Labute approximate surface area is 183 Å². The van der Waals surface area contributed by atoms with Gasteiger partial charge in [-0.2, -0.15) is 0 Å². The molecule has 1 saturated carbocycles. The summed E-state index contributed by atoms with van der Waals surface area (Å²) in [4.78, 5) is 26.2. The predicted molar refractivity (Wildman–Crippen MR) is 110 cm³/mol. The van der Waals surface area contributed by atoms with E-state index in [2.05, 4.69) is 0 Å². The lowest BCUT2D eigenvalue weighted by Crippen LogP contribution is -2.52. The molecule has 3 atom stereocenters. The number of ether oxygens (including phenoxy) is 1. The SMILES string of the molecule is O=C(O)C[C@@H]1O[C@H](c2cc(F)cc(Cl)c2)[C@@H](c2ccc(Cl)cc2)N(CC2CC2)C1=O. The summed E-state index contributed by atoms with van der Waals surface area (Å²) in [5, 5.41) is 10.0. The van der Waals surface area contributed by atoms with E-state index in [0.717, 1.165) is 18.4 Å². The van der Waals surface area contributed by atoms with E-state index in [9.17, 15) is 19.1 Å². The molecule has 2 fully saturated rings. The predicted octanol–water partition coefficient (Wildman–Crippen LogP) is 5.03. The van der Waals surface area contributed by atoms with Crippen LogP contribution >= 0.6 is 23.2 Å². The second-order valence-corrected chi connectivity index (χ2v) is 8.65. The first kappa shape index (κ1) is 21.1. The second-order valence-electron chi connectivity index (χ2n) is 7.78. The van der Waals surface area contributed by atoms with Crippen LogP contribution < -0.4 is 0 Å². The minimum Gasteiger partial charge on any atom is -0.481 e. The molecule has 2 aromatic carbocycles. The normalized spacial score (nSPS) is 24.2. The maximum Gasteiger partial charge on any atom is 0.306 e. The highest BCUT2D eigenvalue weighted by Crippen LogP contribution is 2.45. The summed E-state index contributed by atoms with van der Waals surface area (Å²) in [7, 11) is 0. The van der Waals surface area contributed by atoms with Gasteiger partial charge in [-0.3, -0.25) is 9.59 Å². The van der Waals surface area contributed by atoms with Crippen molar-refractivity contribution in [1.82, 2.24) is 4.90 Å². The molecule has 0 aromatic heterocycles. The number of aliphatic carboxylic acids is 1. The van der Waals surface area contributed by atoms with Gasteiger partial charge >= 0.3 is 5.97 Å². The Morgan fingerprint density at radius 2 is 1.80 bits per heavy atom. The number of carbonyl (C=O) groups excluding carboxylic acids is 1. The lowest BCUT2D eigenvalue weighted by Gasteiger charge is -2.45. The zero-order chi connectivity index (χ0) is 21.4. The van der Waals surface area contributed by atoms with Gasteiger partial charge in [-0.15, -0.1) is 0 Å². The highest BCUT2D eigenvalue weighted by Gasteiger charge is 2.46. The van der Waals surface area contributed by atoms with E-state index in [-0.39, 0.29) is 10.9 Å². The molecule has 1 amide bonds. The zero-order valence-electron chi connectivity index (χ0n) is 15.9. The number of nitrogens with zero attached hydrogens (tertiary/aromatic N) is 1. The van der Waals surface area contributed by atoms with Crippen LogP contribution in [0.4, 0.5) is 4.39 Å². The van der Waals surface area contributed by atoms with Crippen molar-refractivity contribution >= 4 is 35.1 Å². The molecule has 1 N–H and O–H groups in total. The average molecular weight is 452 g/mol. The molecular formula is C22H20Cl2FNO4. The van der Waals surface area contributed by atoms with Crippen molar-refractivity contribution in [3.05, 3.63) is 69.5 Å². The average Bonchev–Trinajstić information content (AvgIpc) is 3.49. The number of hydrogen-bond acceptors (Lipinski definition) is 3. The Balaban J connectivity index is 1.81. The summed E-state index contributed by atoms with van der Waals surface area (Å²) in [6, 6.07) is 10.6. The molecule has 4 rings (SSSR count). The van der Waals surface area contributed by atoms with Crippen LogP contribution in [0, 0.1) is 11.7 Å². The van der Waals surface area contributed by atoms with Crippen molar-refractivity contribution < 1.29 is 23.8 Å². The number of carboxylic acids is 1. The second kappa shape index (κ2) is 8.53. The molecule has 158 valence electrons. The van der Waals surface area contributed by atoms with Crippen molar-refractivity contribution in [2.75, 3.05) is 6.54 Å². The van der Waals surface area contributed by atoms with Gasteiger partial charge in [0.05, 0.1) is 12.5 Å². The first-order valence-corrected chi connectivity index (χ1v) is 10.5. The smallest absolute Gasteiger partial charge is 0.306 e. The molecule has 30 heavy (non-hydrogen) atoms. The number of morpholine rings is 1. The minimum absolute atomic E-state index is 0.198. The third-order valence-corrected chi connectivity index (χ3v) is 5.90. The molecule has 0 bridgehead atoms. The van der Waals surface area contributed by atoms with Crippen LogP contribution in [0.5, 0.6) is 0 Å². The van der Waals surface area contributed by atoms with Gasteiger partial charge in [0, 0.05) is 16.6 Å². The first-order chi connectivity index (χ1) is 14.3. The standard InChI is InChI=1S/C22H20Cl2FNO4/c23-15-5-3-13(4-6-15)20-21(14-7-16(24)9-17(25)8-14)30-18(10-19(27)28)22(29)26(20)11-12-1-2-12/h3-9,12,18,20-21H,1-2,10-11H2,(H,27,28)/t18-,20+,21+/m0/s1. The van der Waals surface area contributed by atoms with Gasteiger partial charge in [-0.05, 0) is 60.2 Å². The Morgan fingerprint density at radius 1 is 1.10 bits per heavy atom. The van der Waals surface area contributed by atoms with Gasteiger partial charge in [0.2, 0.25) is 0 Å². The third-order valence-electron chi connectivity index (χ3n) is 5.43. The molecule has 1 saturated heterocycles. The fourth-order valence-electron chi connectivity index (χ4n) is 3.89. The number of hydrogen-bond donors (Lipinski definition) is 1. The van der Waals surface area contributed by atoms with Gasteiger partial charge in [-0.25, -0.2) is 4.39 Å². The van der Waals surface area contributed by atoms with Crippen LogP contribution in [-0.2, 0) is 14.3 Å². The maximum atomic E-state index is 14.1. The van der Waals surface area contributed by atoms with Crippen LogP contribution in [0.15, 0.2) is 42.5 Å². The lowest BCUT2D eigenvalue weighted by molar-refractivity contribution is -0.179. The Kier molecular flexibility index (Phi) is 6.00. The molecule has 0 spiro atoms. The summed E-state index contributed by atoms with van der Waals surface area (Å²) in [5.74, 6) is -1.68. The van der Waals surface area contributed by atoms with Crippen LogP contribution in [0.25, 0.3) is 0 Å². The van der Waals surface area contributed by atoms with E-state index in [1.54, 1.807) is 35.2 Å². The van der Waals surface area contributed by atoms with Gasteiger partial charge in [0.1, 0.15) is 18.0 Å². The number of benzene rings is 2. The fraction of sp³-hybridized carbons (Fsp3) is 0.364. The Hall–Kier alpha value is -2.15. The number of rotatable bonds is 6. The van der Waals surface area contributed by atoms with Crippen molar-refractivity contribution in [1.29, 1.82) is 0 Å². The van der Waals surface area contributed by atoms with Gasteiger partial charge in [0.15, 0.2) is 0 Å². The van der Waals surface area contributed by atoms with Crippen molar-refractivity contribution in [2.24, 2.45) is 5.92 Å². The topological polar surface area (TPSA) is 66.8 Å². The quantitative estimate of drug-likeness (QED) is 0.668. The summed E-state index contributed by atoms with van der Waals surface area (Å²) in [6.45, 7) is 0.491. The molecule has 1 heterocycles. The van der Waals surface area contributed by atoms with Gasteiger partial charge < -0.3 is 14.7 Å². The summed E-state index contributed by atoms with van der Waals surface area (Å²) >= 11 is 12.1. The summed E-state index contributed by atoms with van der Waals surface area (Å²) in [5.41, 5.74) is 1.22. The van der Waals surface area contributed by atoms with Crippen LogP contribution in [0.2, 0.25) is 10.0 Å². The lowest BCUT2D eigenvalue weighted by atomic mass is 9.91. The molecule has 8 heteroatoms. The monoisotopic (exact) mass is 451 g/mol. The van der Waals surface area contributed by atoms with Crippen LogP contribution in [0.3, 0.4) is 0 Å². The Bertz CT molecular complexity index is 944. The zero-order valence-corrected chi connectivity index (χ0v) is 17.4. The van der Waals surface area contributed by atoms with Gasteiger partial charge in [-0.1, -0.05) is 35.3 Å². The highest BCUT2D eigenvalue weighted by molar-refractivity contribution is 6.30. The van der Waals surface area contributed by atoms with E-state index in [4.69, 9.17) is 27.9 Å². The molecule has 5 nitrogen and oxygen atoms in total. The maximum absolute atomic E-state index is 14.1. The highest BCUT2D eigenvalue weighted by atomic mass is 35.5. The first-order valence-electron chi connectivity index (χ1n) is 9.71. The van der Waals surface area contributed by atoms with Crippen LogP contribution in [-0.4, -0.2) is 34.5 Å². The third kappa shape index (κ3) is 4.61. The number of amides is 1. The molecule has 1 aliphatic carbocycles. The number of carbonyl (C=O) groups is 2. The largest absolute Gasteiger partial charge is 0.481 e. The molecule has 0 radical (unpaired) electrons. The summed E-state index contributed by atoms with van der Waals surface area (Å²) in [6.07, 6.45) is -0.375. The van der Waals surface area contributed by atoms with Crippen molar-refractivity contribution in [3.63, 3.8) is 0 Å². The van der Waals surface area contributed by atoms with E-state index in [0.29, 0.717) is 23.0 Å². The summed E-state index contributed by atoms with van der Waals surface area (Å²) < 4.78 is 20.1. The number of carboxylic acid groups (broad SMARTS) is 1. The molecule has 2 aliphatic rings. The Morgan fingerprint density at radius 3 is 2.40 bits per heavy atom. The van der Waals surface area contributed by atoms with Crippen molar-refractivity contribution in [3.8, 4) is 0 Å². The molecule has 1 aliphatic heterocycles. The molecule has 0 unspecified atom stereocenters. The van der Waals surface area contributed by atoms with E-state index < -0.39 is 36.5 Å². The number of halogens is 3. The van der Waals surface area contributed by atoms with E-state index >= 15 is 0 Å². The fourth-order valence-corrected chi connectivity index (χ4v) is 4.24. The minimum atomic E-state index is -1.16. The molecule has 2 aromatic rings. The van der Waals surface area contributed by atoms with Crippen LogP contribution in [0.1, 0.15) is 42.5 Å². The van der Waals surface area contributed by atoms with E-state index in [1.807, 2.05) is 0 Å². The van der Waals surface area contributed by atoms with E-state index in [1.165, 1.54) is 12.1 Å². The van der Waals surface area contributed by atoms with Crippen molar-refractivity contribution in [2.45, 2.75) is 37.5 Å². The molecular weight excluding hydrogens is 432 g/mol. The van der Waals surface area contributed by atoms with Gasteiger partial charge in [0.25, 0.3) is 5.91 Å².